The van der Waals surface area contributed by atoms with Crippen LogP contribution in [0.15, 0.2) is 29.4 Å². The first-order chi connectivity index (χ1) is 14.4. The van der Waals surface area contributed by atoms with E-state index in [1.807, 2.05) is 42.8 Å². The first kappa shape index (κ1) is 20.6. The summed E-state index contributed by atoms with van der Waals surface area (Å²) in [5.41, 5.74) is 1.22. The van der Waals surface area contributed by atoms with E-state index in [1.165, 1.54) is 16.7 Å². The van der Waals surface area contributed by atoms with E-state index in [4.69, 9.17) is 0 Å². The number of nitrogens with zero attached hydrogens (tertiary/aromatic N) is 4. The number of nitrogens with one attached hydrogen (secondary N) is 1. The fourth-order valence-corrected chi connectivity index (χ4v) is 5.05. The number of benzene rings is 1. The topological polar surface area (TPSA) is 97.2 Å². The molecule has 1 saturated carbocycles. The average molecular weight is 428 g/mol. The molecular formula is C21H25N5O3S. The Hall–Kier alpha value is -2.68. The van der Waals surface area contributed by atoms with Gasteiger partial charge in [-0.2, -0.15) is 0 Å². The maximum Gasteiger partial charge on any atom is 0.252 e. The predicted octanol–water partition coefficient (Wildman–Crippen LogP) is 2.07. The number of imide groups is 1. The van der Waals surface area contributed by atoms with Crippen molar-refractivity contribution in [3.63, 3.8) is 0 Å². The molecule has 0 radical (unpaired) electrons. The maximum atomic E-state index is 13.1. The molecule has 4 rings (SSSR count). The zero-order valence-electron chi connectivity index (χ0n) is 17.2. The van der Waals surface area contributed by atoms with Crippen LogP contribution in [0.3, 0.4) is 0 Å². The van der Waals surface area contributed by atoms with Crippen LogP contribution in [-0.4, -0.2) is 55.2 Å². The van der Waals surface area contributed by atoms with Crippen molar-refractivity contribution in [3.05, 3.63) is 29.8 Å². The van der Waals surface area contributed by atoms with Crippen LogP contribution in [0, 0.1) is 6.92 Å². The van der Waals surface area contributed by atoms with Gasteiger partial charge in [0.25, 0.3) is 5.91 Å². The Balaban J connectivity index is 1.49. The molecule has 30 heavy (non-hydrogen) atoms. The predicted molar refractivity (Wildman–Crippen MR) is 113 cm³/mol. The summed E-state index contributed by atoms with van der Waals surface area (Å²) >= 11 is 1.27. The lowest BCUT2D eigenvalue weighted by Gasteiger charge is -2.47. The van der Waals surface area contributed by atoms with Crippen molar-refractivity contribution < 1.29 is 14.4 Å². The third-order valence-electron chi connectivity index (χ3n) is 5.95. The van der Waals surface area contributed by atoms with Gasteiger partial charge in [0, 0.05) is 12.6 Å². The fourth-order valence-electron chi connectivity index (χ4n) is 4.26. The zero-order chi connectivity index (χ0) is 21.3. The molecule has 3 amide bonds. The number of hydrogen-bond donors (Lipinski definition) is 1. The van der Waals surface area contributed by atoms with Crippen molar-refractivity contribution in [2.24, 2.45) is 7.05 Å². The van der Waals surface area contributed by atoms with Gasteiger partial charge in [-0.15, -0.1) is 10.2 Å². The largest absolute Gasteiger partial charge is 0.318 e. The molecule has 8 nitrogen and oxygen atoms in total. The first-order valence-corrected chi connectivity index (χ1v) is 11.1. The van der Waals surface area contributed by atoms with E-state index in [0.717, 1.165) is 36.2 Å². The van der Waals surface area contributed by atoms with Crippen molar-refractivity contribution in [1.29, 1.82) is 0 Å². The Bertz CT molecular complexity index is 979. The maximum absolute atomic E-state index is 13.1. The molecule has 158 valence electrons. The number of thioether (sulfide) groups is 1. The van der Waals surface area contributed by atoms with Crippen molar-refractivity contribution in [2.75, 3.05) is 12.3 Å². The Kier molecular flexibility index (Phi) is 5.64. The van der Waals surface area contributed by atoms with E-state index in [1.54, 1.807) is 0 Å². The SMILES string of the molecule is Cc1ccc(-c2nnc(SCC(=O)N3CC(=O)NC(=O)C34CCCCC4)n2C)cc1. The number of carbonyl (C=O) groups is 3. The van der Waals surface area contributed by atoms with Gasteiger partial charge in [0.2, 0.25) is 11.8 Å². The van der Waals surface area contributed by atoms with Crippen LogP contribution >= 0.6 is 11.8 Å². The van der Waals surface area contributed by atoms with E-state index in [9.17, 15) is 14.4 Å². The quantitative estimate of drug-likeness (QED) is 0.593. The van der Waals surface area contributed by atoms with E-state index < -0.39 is 11.4 Å². The molecule has 2 heterocycles. The van der Waals surface area contributed by atoms with Gasteiger partial charge in [-0.05, 0) is 19.8 Å². The molecule has 1 aromatic heterocycles. The average Bonchev–Trinajstić information content (AvgIpc) is 3.11. The highest BCUT2D eigenvalue weighted by Crippen LogP contribution is 2.36. The van der Waals surface area contributed by atoms with Crippen molar-refractivity contribution >= 4 is 29.5 Å². The molecule has 2 fully saturated rings. The number of aryl methyl sites for hydroxylation is 1. The van der Waals surface area contributed by atoms with E-state index in [-0.39, 0.29) is 24.1 Å². The standard InChI is InChI=1S/C21H25N5O3S/c1-14-6-8-15(9-7-14)18-23-24-20(25(18)2)30-13-17(28)26-12-16(27)22-19(29)21(26)10-4-3-5-11-21/h6-9H,3-5,10-13H2,1-2H3,(H,22,27,29). The van der Waals surface area contributed by atoms with Crippen molar-refractivity contribution in [3.8, 4) is 11.4 Å². The number of aromatic nitrogens is 3. The van der Waals surface area contributed by atoms with Gasteiger partial charge in [-0.1, -0.05) is 60.9 Å². The van der Waals surface area contributed by atoms with Crippen LogP contribution < -0.4 is 5.32 Å². The molecule has 1 aromatic carbocycles. The van der Waals surface area contributed by atoms with Crippen LogP contribution in [0.4, 0.5) is 0 Å². The van der Waals surface area contributed by atoms with Crippen LogP contribution in [0.5, 0.6) is 0 Å². The Morgan fingerprint density at radius 2 is 1.83 bits per heavy atom. The van der Waals surface area contributed by atoms with Crippen LogP contribution in [0.1, 0.15) is 37.7 Å². The van der Waals surface area contributed by atoms with Crippen LogP contribution in [0.2, 0.25) is 0 Å². The highest BCUT2D eigenvalue weighted by molar-refractivity contribution is 7.99. The molecule has 1 N–H and O–H groups in total. The summed E-state index contributed by atoms with van der Waals surface area (Å²) in [7, 11) is 1.86. The summed E-state index contributed by atoms with van der Waals surface area (Å²) in [5.74, 6) is -0.152. The Morgan fingerprint density at radius 3 is 2.53 bits per heavy atom. The molecular weight excluding hydrogens is 402 g/mol. The van der Waals surface area contributed by atoms with Crippen LogP contribution in [0.25, 0.3) is 11.4 Å². The number of amides is 3. The monoisotopic (exact) mass is 427 g/mol. The number of carbonyl (C=O) groups excluding carboxylic acids is 3. The molecule has 1 spiro atoms. The number of rotatable bonds is 4. The number of piperazine rings is 1. The second kappa shape index (κ2) is 8.22. The molecule has 0 atom stereocenters. The third-order valence-corrected chi connectivity index (χ3v) is 6.95. The van der Waals surface area contributed by atoms with Gasteiger partial charge in [-0.3, -0.25) is 19.7 Å². The summed E-state index contributed by atoms with van der Waals surface area (Å²) in [5, 5.41) is 11.5. The third kappa shape index (κ3) is 3.74. The van der Waals surface area contributed by atoms with Gasteiger partial charge in [0.1, 0.15) is 12.1 Å². The summed E-state index contributed by atoms with van der Waals surface area (Å²) < 4.78 is 1.85. The van der Waals surface area contributed by atoms with Gasteiger partial charge in [-0.25, -0.2) is 0 Å². The molecule has 2 aromatic rings. The fraction of sp³-hybridized carbons (Fsp3) is 0.476. The van der Waals surface area contributed by atoms with E-state index in [2.05, 4.69) is 15.5 Å². The molecule has 1 aliphatic heterocycles. The van der Waals surface area contributed by atoms with Crippen molar-refractivity contribution in [1.82, 2.24) is 25.0 Å². The smallest absolute Gasteiger partial charge is 0.252 e. The minimum absolute atomic E-state index is 0.0709. The lowest BCUT2D eigenvalue weighted by atomic mass is 9.78. The minimum atomic E-state index is -0.892. The van der Waals surface area contributed by atoms with E-state index in [0.29, 0.717) is 18.0 Å². The molecule has 1 saturated heterocycles. The van der Waals surface area contributed by atoms with Gasteiger partial charge < -0.3 is 9.47 Å². The second-order valence-corrected chi connectivity index (χ2v) is 8.91. The highest BCUT2D eigenvalue weighted by Gasteiger charge is 2.50. The summed E-state index contributed by atoms with van der Waals surface area (Å²) in [6.07, 6.45) is 4.00. The zero-order valence-corrected chi connectivity index (χ0v) is 18.0. The summed E-state index contributed by atoms with van der Waals surface area (Å²) in [6.45, 7) is 1.95. The molecule has 1 aliphatic carbocycles. The number of hydrogen-bond acceptors (Lipinski definition) is 6. The molecule has 9 heteroatoms. The van der Waals surface area contributed by atoms with E-state index >= 15 is 0 Å². The second-order valence-electron chi connectivity index (χ2n) is 7.97. The Labute approximate surface area is 179 Å². The molecule has 0 bridgehead atoms. The summed E-state index contributed by atoms with van der Waals surface area (Å²) in [4.78, 5) is 39.2. The molecule has 0 unspecified atom stereocenters. The van der Waals surface area contributed by atoms with Crippen LogP contribution in [-0.2, 0) is 21.4 Å². The van der Waals surface area contributed by atoms with Gasteiger partial charge >= 0.3 is 0 Å². The van der Waals surface area contributed by atoms with Gasteiger partial charge in [0.15, 0.2) is 11.0 Å². The Morgan fingerprint density at radius 1 is 1.13 bits per heavy atom. The highest BCUT2D eigenvalue weighted by atomic mass is 32.2. The first-order valence-electron chi connectivity index (χ1n) is 10.1. The van der Waals surface area contributed by atoms with Crippen molar-refractivity contribution in [2.45, 2.75) is 49.7 Å². The summed E-state index contributed by atoms with van der Waals surface area (Å²) in [6, 6.07) is 8.01. The minimum Gasteiger partial charge on any atom is -0.318 e. The van der Waals surface area contributed by atoms with Gasteiger partial charge in [0.05, 0.1) is 5.75 Å². The molecule has 2 aliphatic rings. The lowest BCUT2D eigenvalue weighted by Crippen LogP contribution is -2.69. The lowest BCUT2D eigenvalue weighted by molar-refractivity contribution is -0.158. The normalized spacial score (nSPS) is 18.5.